The van der Waals surface area contributed by atoms with E-state index >= 15 is 0 Å². The number of pyridine rings is 1. The SMILES string of the molecule is FC(F)(F)c1ccnc(Nc2cccc(/C=C/c3ccccn3)c2)n1. The Morgan fingerprint density at radius 2 is 1.76 bits per heavy atom. The van der Waals surface area contributed by atoms with E-state index in [9.17, 15) is 13.2 Å². The molecule has 1 aromatic carbocycles. The van der Waals surface area contributed by atoms with Crippen molar-refractivity contribution in [1.29, 1.82) is 0 Å². The van der Waals surface area contributed by atoms with Crippen LogP contribution in [0.2, 0.25) is 0 Å². The monoisotopic (exact) mass is 342 g/mol. The minimum atomic E-state index is -4.51. The molecular weight excluding hydrogens is 329 g/mol. The van der Waals surface area contributed by atoms with Crippen LogP contribution in [0, 0.1) is 0 Å². The zero-order chi connectivity index (χ0) is 17.7. The Hall–Kier alpha value is -3.22. The Bertz CT molecular complexity index is 877. The standard InChI is InChI=1S/C18H13F3N4/c19-18(20,21)16-9-11-23-17(25-16)24-15-6-3-4-13(12-15)7-8-14-5-1-2-10-22-14/h1-12H,(H,23,24,25)/b8-7+. The van der Waals surface area contributed by atoms with E-state index < -0.39 is 11.9 Å². The lowest BCUT2D eigenvalue weighted by molar-refractivity contribution is -0.141. The molecule has 0 amide bonds. The fourth-order valence-corrected chi connectivity index (χ4v) is 2.08. The summed E-state index contributed by atoms with van der Waals surface area (Å²) in [5.41, 5.74) is 1.27. The normalized spacial score (nSPS) is 11.6. The van der Waals surface area contributed by atoms with Crippen molar-refractivity contribution in [2.75, 3.05) is 5.32 Å². The van der Waals surface area contributed by atoms with Crippen LogP contribution in [0.4, 0.5) is 24.8 Å². The van der Waals surface area contributed by atoms with E-state index in [1.807, 2.05) is 36.4 Å². The van der Waals surface area contributed by atoms with E-state index in [1.165, 1.54) is 0 Å². The lowest BCUT2D eigenvalue weighted by Crippen LogP contribution is -2.10. The van der Waals surface area contributed by atoms with Crippen LogP contribution in [0.25, 0.3) is 12.2 Å². The lowest BCUT2D eigenvalue weighted by Gasteiger charge is -2.09. The third-order valence-corrected chi connectivity index (χ3v) is 3.22. The molecule has 0 aliphatic rings. The molecule has 0 bridgehead atoms. The van der Waals surface area contributed by atoms with Gasteiger partial charge in [-0.05, 0) is 42.0 Å². The number of hydrogen-bond donors (Lipinski definition) is 1. The number of alkyl halides is 3. The molecule has 7 heteroatoms. The fourth-order valence-electron chi connectivity index (χ4n) is 2.08. The number of halogens is 3. The lowest BCUT2D eigenvalue weighted by atomic mass is 10.1. The van der Waals surface area contributed by atoms with Crippen LogP contribution in [0.5, 0.6) is 0 Å². The maximum absolute atomic E-state index is 12.7. The largest absolute Gasteiger partial charge is 0.433 e. The Morgan fingerprint density at radius 3 is 2.52 bits per heavy atom. The molecule has 0 fully saturated rings. The first-order valence-corrected chi connectivity index (χ1v) is 7.37. The van der Waals surface area contributed by atoms with Gasteiger partial charge in [-0.2, -0.15) is 13.2 Å². The molecular formula is C18H13F3N4. The van der Waals surface area contributed by atoms with Gasteiger partial charge in [0.2, 0.25) is 5.95 Å². The van der Waals surface area contributed by atoms with Gasteiger partial charge >= 0.3 is 6.18 Å². The van der Waals surface area contributed by atoms with Crippen LogP contribution in [0.3, 0.4) is 0 Å². The minimum Gasteiger partial charge on any atom is -0.324 e. The van der Waals surface area contributed by atoms with Crippen molar-refractivity contribution < 1.29 is 13.2 Å². The molecule has 0 spiro atoms. The van der Waals surface area contributed by atoms with Gasteiger partial charge in [-0.15, -0.1) is 0 Å². The number of benzene rings is 1. The van der Waals surface area contributed by atoms with Crippen molar-refractivity contribution >= 4 is 23.8 Å². The van der Waals surface area contributed by atoms with Gasteiger partial charge in [0.25, 0.3) is 0 Å². The van der Waals surface area contributed by atoms with E-state index in [-0.39, 0.29) is 5.95 Å². The zero-order valence-corrected chi connectivity index (χ0v) is 12.9. The molecule has 2 aromatic heterocycles. The molecule has 0 saturated heterocycles. The summed E-state index contributed by atoms with van der Waals surface area (Å²) in [7, 11) is 0. The number of nitrogens with one attached hydrogen (secondary N) is 1. The van der Waals surface area contributed by atoms with Crippen LogP contribution in [-0.2, 0) is 6.18 Å². The van der Waals surface area contributed by atoms with Gasteiger partial charge in [0, 0.05) is 18.1 Å². The van der Waals surface area contributed by atoms with Crippen molar-refractivity contribution in [3.63, 3.8) is 0 Å². The van der Waals surface area contributed by atoms with Gasteiger partial charge in [-0.3, -0.25) is 4.98 Å². The van der Waals surface area contributed by atoms with Crippen molar-refractivity contribution in [3.8, 4) is 0 Å². The number of aromatic nitrogens is 3. The summed E-state index contributed by atoms with van der Waals surface area (Å²) in [6, 6.07) is 13.6. The second-order valence-corrected chi connectivity index (χ2v) is 5.10. The molecule has 0 radical (unpaired) electrons. The second-order valence-electron chi connectivity index (χ2n) is 5.10. The van der Waals surface area contributed by atoms with Crippen molar-refractivity contribution in [1.82, 2.24) is 15.0 Å². The Morgan fingerprint density at radius 1 is 0.880 bits per heavy atom. The summed E-state index contributed by atoms with van der Waals surface area (Å²) in [5.74, 6) is -0.110. The molecule has 4 nitrogen and oxygen atoms in total. The highest BCUT2D eigenvalue weighted by molar-refractivity contribution is 5.70. The fraction of sp³-hybridized carbons (Fsp3) is 0.0556. The quantitative estimate of drug-likeness (QED) is 0.740. The summed E-state index contributed by atoms with van der Waals surface area (Å²) >= 11 is 0. The molecule has 1 N–H and O–H groups in total. The van der Waals surface area contributed by atoms with Gasteiger partial charge in [-0.25, -0.2) is 9.97 Å². The number of anilines is 2. The van der Waals surface area contributed by atoms with E-state index in [2.05, 4.69) is 20.3 Å². The molecule has 25 heavy (non-hydrogen) atoms. The topological polar surface area (TPSA) is 50.7 Å². The van der Waals surface area contributed by atoms with E-state index in [0.29, 0.717) is 5.69 Å². The molecule has 0 unspecified atom stereocenters. The molecule has 0 aliphatic carbocycles. The van der Waals surface area contributed by atoms with Gasteiger partial charge in [0.1, 0.15) is 5.69 Å². The summed E-state index contributed by atoms with van der Waals surface area (Å²) in [6.07, 6.45) is 1.97. The first-order chi connectivity index (χ1) is 12.0. The van der Waals surface area contributed by atoms with Gasteiger partial charge in [-0.1, -0.05) is 24.3 Å². The zero-order valence-electron chi connectivity index (χ0n) is 12.9. The van der Waals surface area contributed by atoms with Gasteiger partial charge < -0.3 is 5.32 Å². The molecule has 126 valence electrons. The van der Waals surface area contributed by atoms with Crippen molar-refractivity contribution in [2.24, 2.45) is 0 Å². The van der Waals surface area contributed by atoms with Crippen molar-refractivity contribution in [3.05, 3.63) is 77.9 Å². The van der Waals surface area contributed by atoms with Gasteiger partial charge in [0.15, 0.2) is 0 Å². The Labute approximate surface area is 142 Å². The predicted molar refractivity (Wildman–Crippen MR) is 89.9 cm³/mol. The number of hydrogen-bond acceptors (Lipinski definition) is 4. The van der Waals surface area contributed by atoms with Crippen molar-refractivity contribution in [2.45, 2.75) is 6.18 Å². The molecule has 3 rings (SSSR count). The van der Waals surface area contributed by atoms with Crippen LogP contribution in [0.15, 0.2) is 60.9 Å². The first kappa shape index (κ1) is 16.6. The first-order valence-electron chi connectivity index (χ1n) is 7.37. The summed E-state index contributed by atoms with van der Waals surface area (Å²) in [6.45, 7) is 0. The van der Waals surface area contributed by atoms with Gasteiger partial charge in [0.05, 0.1) is 5.69 Å². The third-order valence-electron chi connectivity index (χ3n) is 3.22. The van der Waals surface area contributed by atoms with Crippen LogP contribution < -0.4 is 5.32 Å². The maximum atomic E-state index is 12.7. The molecule has 2 heterocycles. The van der Waals surface area contributed by atoms with Crippen LogP contribution in [0.1, 0.15) is 17.0 Å². The summed E-state index contributed by atoms with van der Waals surface area (Å²) in [5, 5.41) is 2.78. The summed E-state index contributed by atoms with van der Waals surface area (Å²) < 4.78 is 38.1. The highest BCUT2D eigenvalue weighted by Crippen LogP contribution is 2.28. The smallest absolute Gasteiger partial charge is 0.324 e. The maximum Gasteiger partial charge on any atom is 0.433 e. The Kier molecular flexibility index (Phi) is 4.74. The Balaban J connectivity index is 1.77. The highest BCUT2D eigenvalue weighted by atomic mass is 19.4. The summed E-state index contributed by atoms with van der Waals surface area (Å²) in [4.78, 5) is 11.5. The molecule has 0 atom stereocenters. The van der Waals surface area contributed by atoms with E-state index in [1.54, 1.807) is 24.4 Å². The average Bonchev–Trinajstić information content (AvgIpc) is 2.61. The van der Waals surface area contributed by atoms with E-state index in [0.717, 1.165) is 23.5 Å². The number of nitrogens with zero attached hydrogens (tertiary/aromatic N) is 3. The van der Waals surface area contributed by atoms with Crippen LogP contribution >= 0.6 is 0 Å². The average molecular weight is 342 g/mol. The van der Waals surface area contributed by atoms with Crippen LogP contribution in [-0.4, -0.2) is 15.0 Å². The predicted octanol–water partition coefficient (Wildman–Crippen LogP) is 4.80. The number of rotatable bonds is 4. The molecule has 0 aliphatic heterocycles. The third kappa shape index (κ3) is 4.63. The minimum absolute atomic E-state index is 0.110. The second kappa shape index (κ2) is 7.12. The molecule has 0 saturated carbocycles. The highest BCUT2D eigenvalue weighted by Gasteiger charge is 2.32. The van der Waals surface area contributed by atoms with E-state index in [4.69, 9.17) is 0 Å². The molecule has 3 aromatic rings.